The van der Waals surface area contributed by atoms with E-state index in [2.05, 4.69) is 10.6 Å². The minimum atomic E-state index is -0.313. The van der Waals surface area contributed by atoms with Gasteiger partial charge in [0, 0.05) is 11.8 Å². The van der Waals surface area contributed by atoms with Crippen molar-refractivity contribution < 1.29 is 14.0 Å². The number of halogens is 2. The first kappa shape index (κ1) is 19.4. The highest BCUT2D eigenvalue weighted by Crippen LogP contribution is 2.24. The molecule has 2 aromatic carbocycles. The molecule has 2 aromatic rings. The molecule has 0 aromatic heterocycles. The van der Waals surface area contributed by atoms with E-state index in [1.165, 1.54) is 6.07 Å². The fourth-order valence-corrected chi connectivity index (χ4v) is 3.01. The van der Waals surface area contributed by atoms with Gasteiger partial charge in [0.1, 0.15) is 17.6 Å². The van der Waals surface area contributed by atoms with E-state index in [-0.39, 0.29) is 11.9 Å². The molecule has 7 heteroatoms. The first-order chi connectivity index (χ1) is 11.9. The fourth-order valence-electron chi connectivity index (χ4n) is 2.51. The molecule has 0 saturated heterocycles. The van der Waals surface area contributed by atoms with Crippen LogP contribution in [0.25, 0.3) is 0 Å². The predicted octanol–water partition coefficient (Wildman–Crippen LogP) is 2.66. The lowest BCUT2D eigenvalue weighted by atomic mass is 10.1. The van der Waals surface area contributed by atoms with Crippen LogP contribution in [0.15, 0.2) is 42.5 Å². The molecule has 0 radical (unpaired) electrons. The van der Waals surface area contributed by atoms with Crippen molar-refractivity contribution in [3.63, 3.8) is 0 Å². The maximum atomic E-state index is 14.2. The van der Waals surface area contributed by atoms with E-state index in [9.17, 15) is 4.39 Å². The van der Waals surface area contributed by atoms with Gasteiger partial charge in [0.2, 0.25) is 0 Å². The molecule has 0 aliphatic rings. The minimum absolute atomic E-state index is 0.182. The monoisotopic (exact) mass is 382 g/mol. The van der Waals surface area contributed by atoms with Gasteiger partial charge in [-0.3, -0.25) is 0 Å². The molecule has 25 heavy (non-hydrogen) atoms. The van der Waals surface area contributed by atoms with Crippen LogP contribution in [-0.4, -0.2) is 32.9 Å². The molecule has 4 nitrogen and oxygen atoms in total. The lowest BCUT2D eigenvalue weighted by molar-refractivity contribution is -0.890. The topological polar surface area (TPSA) is 37.7 Å². The van der Waals surface area contributed by atoms with Crippen LogP contribution in [0.5, 0.6) is 5.75 Å². The summed E-state index contributed by atoms with van der Waals surface area (Å²) in [6, 6.07) is 12.0. The molecule has 0 aliphatic heterocycles. The number of hydrogen-bond donors (Lipinski definition) is 3. The Labute approximate surface area is 157 Å². The second-order valence-corrected chi connectivity index (χ2v) is 6.65. The van der Waals surface area contributed by atoms with E-state index in [1.54, 1.807) is 19.2 Å². The summed E-state index contributed by atoms with van der Waals surface area (Å²) >= 11 is 11.5. The maximum Gasteiger partial charge on any atom is 0.171 e. The van der Waals surface area contributed by atoms with Crippen LogP contribution in [0.1, 0.15) is 11.6 Å². The van der Waals surface area contributed by atoms with E-state index < -0.39 is 0 Å². The molecule has 134 valence electrons. The summed E-state index contributed by atoms with van der Waals surface area (Å²) in [5, 5.41) is 7.10. The number of methoxy groups -OCH3 is 1. The summed E-state index contributed by atoms with van der Waals surface area (Å²) in [6.07, 6.45) is 0. The number of anilines is 1. The molecular formula is C18H22ClFN3OS+. The van der Waals surface area contributed by atoms with Gasteiger partial charge in [-0.1, -0.05) is 23.7 Å². The van der Waals surface area contributed by atoms with Crippen LogP contribution < -0.4 is 20.3 Å². The highest BCUT2D eigenvalue weighted by Gasteiger charge is 2.24. The van der Waals surface area contributed by atoms with E-state index in [4.69, 9.17) is 28.6 Å². The Kier molecular flexibility index (Phi) is 6.99. The number of rotatable bonds is 6. The molecule has 0 fully saturated rings. The summed E-state index contributed by atoms with van der Waals surface area (Å²) in [6.45, 7) is 0.443. The van der Waals surface area contributed by atoms with Gasteiger partial charge < -0.3 is 20.3 Å². The molecule has 0 bridgehead atoms. The molecule has 1 atom stereocenters. The van der Waals surface area contributed by atoms with Crippen molar-refractivity contribution in [2.24, 2.45) is 0 Å². The van der Waals surface area contributed by atoms with Crippen LogP contribution in [0.4, 0.5) is 10.1 Å². The Hall–Kier alpha value is -1.89. The molecular weight excluding hydrogens is 361 g/mol. The number of nitrogens with one attached hydrogen (secondary N) is 3. The molecule has 0 heterocycles. The highest BCUT2D eigenvalue weighted by molar-refractivity contribution is 7.80. The molecule has 3 N–H and O–H groups in total. The van der Waals surface area contributed by atoms with Crippen molar-refractivity contribution >= 4 is 34.6 Å². The van der Waals surface area contributed by atoms with Gasteiger partial charge in [0.25, 0.3) is 0 Å². The summed E-state index contributed by atoms with van der Waals surface area (Å²) in [4.78, 5) is 1.05. The zero-order valence-corrected chi connectivity index (χ0v) is 16.0. The standard InChI is InChI=1S/C18H21ClFN3OS/c1-23(2)16(17-14(19)8-5-9-15(17)20)11-21-18(25)22-12-6-4-7-13(10-12)24-3/h4-10,16H,11H2,1-3H3,(H2,21,22,25)/p+1/t16-/m1/s1. The Morgan fingerprint density at radius 2 is 2.00 bits per heavy atom. The first-order valence-electron chi connectivity index (χ1n) is 7.85. The third-order valence-electron chi connectivity index (χ3n) is 3.84. The number of quaternary nitrogens is 1. The average Bonchev–Trinajstić information content (AvgIpc) is 2.57. The highest BCUT2D eigenvalue weighted by atomic mass is 35.5. The molecule has 0 unspecified atom stereocenters. The van der Waals surface area contributed by atoms with Crippen molar-refractivity contribution in [2.45, 2.75) is 6.04 Å². The van der Waals surface area contributed by atoms with Gasteiger partial charge in [0.15, 0.2) is 5.11 Å². The Morgan fingerprint density at radius 1 is 1.28 bits per heavy atom. The van der Waals surface area contributed by atoms with Crippen LogP contribution in [0, 0.1) is 5.82 Å². The van der Waals surface area contributed by atoms with Gasteiger partial charge in [-0.05, 0) is 36.5 Å². The van der Waals surface area contributed by atoms with Crippen LogP contribution >= 0.6 is 23.8 Å². The quantitative estimate of drug-likeness (QED) is 0.671. The van der Waals surface area contributed by atoms with E-state index in [0.29, 0.717) is 22.2 Å². The third kappa shape index (κ3) is 5.29. The summed E-state index contributed by atoms with van der Waals surface area (Å²) < 4.78 is 19.4. The van der Waals surface area contributed by atoms with Crippen LogP contribution in [-0.2, 0) is 0 Å². The van der Waals surface area contributed by atoms with Crippen molar-refractivity contribution in [3.05, 3.63) is 58.9 Å². The fraction of sp³-hybridized carbons (Fsp3) is 0.278. The van der Waals surface area contributed by atoms with Gasteiger partial charge in [-0.25, -0.2) is 4.39 Å². The Morgan fingerprint density at radius 3 is 2.64 bits per heavy atom. The van der Waals surface area contributed by atoms with Crippen molar-refractivity contribution in [3.8, 4) is 5.75 Å². The van der Waals surface area contributed by atoms with E-state index in [1.807, 2.05) is 38.4 Å². The molecule has 0 aliphatic carbocycles. The Bertz CT molecular complexity index is 722. The maximum absolute atomic E-state index is 14.2. The summed E-state index contributed by atoms with van der Waals surface area (Å²) in [7, 11) is 5.51. The van der Waals surface area contributed by atoms with Crippen molar-refractivity contribution in [1.29, 1.82) is 0 Å². The number of benzene rings is 2. The first-order valence-corrected chi connectivity index (χ1v) is 8.64. The van der Waals surface area contributed by atoms with Crippen molar-refractivity contribution in [2.75, 3.05) is 33.1 Å². The van der Waals surface area contributed by atoms with E-state index in [0.717, 1.165) is 16.3 Å². The summed E-state index contributed by atoms with van der Waals surface area (Å²) in [5.41, 5.74) is 1.30. The average molecular weight is 383 g/mol. The smallest absolute Gasteiger partial charge is 0.171 e. The lowest BCUT2D eigenvalue weighted by Crippen LogP contribution is -3.07. The zero-order valence-electron chi connectivity index (χ0n) is 14.4. The minimum Gasteiger partial charge on any atom is -0.497 e. The number of hydrogen-bond acceptors (Lipinski definition) is 2. The molecule has 2 rings (SSSR count). The second kappa shape index (κ2) is 8.99. The van der Waals surface area contributed by atoms with E-state index >= 15 is 0 Å². The number of ether oxygens (including phenoxy) is 1. The molecule has 0 saturated carbocycles. The van der Waals surface area contributed by atoms with Gasteiger partial charge in [-0.2, -0.15) is 0 Å². The van der Waals surface area contributed by atoms with Gasteiger partial charge >= 0.3 is 0 Å². The van der Waals surface area contributed by atoms with Crippen LogP contribution in [0.3, 0.4) is 0 Å². The third-order valence-corrected chi connectivity index (χ3v) is 4.42. The normalized spacial score (nSPS) is 11.9. The predicted molar refractivity (Wildman–Crippen MR) is 104 cm³/mol. The SMILES string of the molecule is COc1cccc(NC(=S)NC[C@H](c2c(F)cccc2Cl)[NH+](C)C)c1. The number of likely N-dealkylation sites (N-methyl/N-ethyl adjacent to an activating group) is 1. The number of thiocarbonyl (C=S) groups is 1. The van der Waals surface area contributed by atoms with Crippen molar-refractivity contribution in [1.82, 2.24) is 5.32 Å². The summed E-state index contributed by atoms with van der Waals surface area (Å²) in [5.74, 6) is 0.425. The largest absolute Gasteiger partial charge is 0.497 e. The van der Waals surface area contributed by atoms with Gasteiger partial charge in [0.05, 0.1) is 38.3 Å². The molecule has 0 amide bonds. The lowest BCUT2D eigenvalue weighted by Gasteiger charge is -2.24. The Balaban J connectivity index is 2.05. The van der Waals surface area contributed by atoms with Crippen LogP contribution in [0.2, 0.25) is 5.02 Å². The zero-order chi connectivity index (χ0) is 18.4. The van der Waals surface area contributed by atoms with Gasteiger partial charge in [-0.15, -0.1) is 0 Å². The second-order valence-electron chi connectivity index (χ2n) is 5.83. The molecule has 0 spiro atoms.